The van der Waals surface area contributed by atoms with Crippen molar-refractivity contribution in [1.82, 2.24) is 0 Å². The van der Waals surface area contributed by atoms with E-state index in [4.69, 9.17) is 4.42 Å². The van der Waals surface area contributed by atoms with E-state index < -0.39 is 0 Å². The van der Waals surface area contributed by atoms with Gasteiger partial charge in [-0.05, 0) is 87.3 Å². The minimum atomic E-state index is 0.887. The third kappa shape index (κ3) is 4.10. The van der Waals surface area contributed by atoms with Crippen LogP contribution in [0.4, 0.5) is 17.1 Å². The fourth-order valence-corrected chi connectivity index (χ4v) is 8.58. The molecule has 0 saturated heterocycles. The number of hydrogen-bond acceptors (Lipinski definition) is 3. The first-order valence-electron chi connectivity index (χ1n) is 15.9. The van der Waals surface area contributed by atoms with Crippen molar-refractivity contribution in [2.24, 2.45) is 0 Å². The first-order chi connectivity index (χ1) is 23.3. The van der Waals surface area contributed by atoms with Gasteiger partial charge in [-0.2, -0.15) is 0 Å². The van der Waals surface area contributed by atoms with Crippen LogP contribution >= 0.6 is 11.3 Å². The van der Waals surface area contributed by atoms with Gasteiger partial charge in [0.15, 0.2) is 0 Å². The van der Waals surface area contributed by atoms with E-state index in [1.807, 2.05) is 11.3 Å². The largest absolute Gasteiger partial charge is 0.456 e. The molecule has 0 aliphatic heterocycles. The number of rotatable bonds is 4. The molecule has 0 unspecified atom stereocenters. The molecule has 10 aromatic rings. The van der Waals surface area contributed by atoms with Crippen molar-refractivity contribution in [3.63, 3.8) is 0 Å². The number of para-hydroxylation sites is 1. The number of furan rings is 1. The second kappa shape index (κ2) is 10.3. The molecule has 0 spiro atoms. The lowest BCUT2D eigenvalue weighted by Crippen LogP contribution is -2.09. The molecule has 0 aliphatic rings. The summed E-state index contributed by atoms with van der Waals surface area (Å²) in [5.41, 5.74) is 7.46. The lowest BCUT2D eigenvalue weighted by Gasteiger charge is -2.26. The summed E-state index contributed by atoms with van der Waals surface area (Å²) in [5, 5.41) is 10.0. The topological polar surface area (TPSA) is 16.4 Å². The molecule has 8 aromatic carbocycles. The lowest BCUT2D eigenvalue weighted by molar-refractivity contribution is 0.669. The van der Waals surface area contributed by atoms with E-state index in [0.29, 0.717) is 0 Å². The van der Waals surface area contributed by atoms with E-state index in [0.717, 1.165) is 33.6 Å². The monoisotopic (exact) mass is 617 g/mol. The molecule has 0 amide bonds. The van der Waals surface area contributed by atoms with Crippen LogP contribution in [0.3, 0.4) is 0 Å². The summed E-state index contributed by atoms with van der Waals surface area (Å²) in [7, 11) is 0. The van der Waals surface area contributed by atoms with Crippen molar-refractivity contribution in [2.45, 2.75) is 0 Å². The maximum atomic E-state index is 6.63. The molecule has 2 aromatic heterocycles. The molecular weight excluding hydrogens is 591 g/mol. The van der Waals surface area contributed by atoms with Gasteiger partial charge in [0, 0.05) is 54.1 Å². The van der Waals surface area contributed by atoms with Crippen molar-refractivity contribution < 1.29 is 4.42 Å². The van der Waals surface area contributed by atoms with Gasteiger partial charge in [0.2, 0.25) is 0 Å². The smallest absolute Gasteiger partial charge is 0.137 e. The van der Waals surface area contributed by atoms with Crippen molar-refractivity contribution in [3.8, 4) is 11.1 Å². The van der Waals surface area contributed by atoms with Crippen LogP contribution in [0.1, 0.15) is 0 Å². The van der Waals surface area contributed by atoms with Crippen molar-refractivity contribution in [3.05, 3.63) is 164 Å². The zero-order valence-corrected chi connectivity index (χ0v) is 26.2. The number of anilines is 3. The standard InChI is InChI=1S/C44H27NOS/c1-2-14-31(15-3-1)45(32-16-8-13-30(26-32)35-19-9-12-28-10-4-6-17-34(28)35)33-21-22-37-40(27-33)46-39-24-23-38-42-36-18-7-5-11-29(36)20-25-41(42)47-44(38)43(37)39/h1-27H. The Bertz CT molecular complexity index is 2800. The molecule has 0 atom stereocenters. The average molecular weight is 618 g/mol. The Morgan fingerprint density at radius 2 is 1.13 bits per heavy atom. The Morgan fingerprint density at radius 1 is 0.426 bits per heavy atom. The van der Waals surface area contributed by atoms with Crippen molar-refractivity contribution in [2.75, 3.05) is 4.90 Å². The Labute approximate surface area is 275 Å². The Kier molecular flexibility index (Phi) is 5.78. The SMILES string of the molecule is c1ccc(N(c2cccc(-c3cccc4ccccc34)c2)c2ccc3c(c2)oc2ccc4c(sc5ccc6ccccc6c54)c23)cc1. The molecule has 0 saturated carbocycles. The Hall–Kier alpha value is -5.90. The van der Waals surface area contributed by atoms with Gasteiger partial charge < -0.3 is 9.32 Å². The molecule has 2 nitrogen and oxygen atoms in total. The molecule has 10 rings (SSSR count). The van der Waals surface area contributed by atoms with Crippen molar-refractivity contribution >= 4 is 92.1 Å². The molecule has 0 aliphatic carbocycles. The van der Waals surface area contributed by atoms with Gasteiger partial charge in [-0.15, -0.1) is 11.3 Å². The van der Waals surface area contributed by atoms with Crippen LogP contribution in [-0.4, -0.2) is 0 Å². The molecule has 2 heterocycles. The summed E-state index contributed by atoms with van der Waals surface area (Å²) in [6, 6.07) is 58.8. The normalized spacial score (nSPS) is 11.8. The van der Waals surface area contributed by atoms with Crippen LogP contribution in [0.15, 0.2) is 168 Å². The number of nitrogens with zero attached hydrogens (tertiary/aromatic N) is 1. The summed E-state index contributed by atoms with van der Waals surface area (Å²) in [4.78, 5) is 2.32. The quantitative estimate of drug-likeness (QED) is 0.195. The Morgan fingerprint density at radius 3 is 2.02 bits per heavy atom. The van der Waals surface area contributed by atoms with Crippen LogP contribution < -0.4 is 4.90 Å². The first kappa shape index (κ1) is 26.3. The third-order valence-electron chi connectivity index (χ3n) is 9.42. The maximum Gasteiger partial charge on any atom is 0.137 e. The molecule has 0 radical (unpaired) electrons. The summed E-state index contributed by atoms with van der Waals surface area (Å²) in [6.45, 7) is 0. The highest BCUT2D eigenvalue weighted by Gasteiger charge is 2.19. The number of hydrogen-bond donors (Lipinski definition) is 0. The zero-order valence-electron chi connectivity index (χ0n) is 25.4. The summed E-state index contributed by atoms with van der Waals surface area (Å²) >= 11 is 1.86. The van der Waals surface area contributed by atoms with Crippen LogP contribution in [0, 0.1) is 0 Å². The van der Waals surface area contributed by atoms with Crippen molar-refractivity contribution in [1.29, 1.82) is 0 Å². The van der Waals surface area contributed by atoms with E-state index >= 15 is 0 Å². The fraction of sp³-hybridized carbons (Fsp3) is 0. The van der Waals surface area contributed by atoms with E-state index in [2.05, 4.69) is 169 Å². The van der Waals surface area contributed by atoms with E-state index in [9.17, 15) is 0 Å². The van der Waals surface area contributed by atoms with E-state index in [1.54, 1.807) is 0 Å². The number of benzene rings is 8. The highest BCUT2D eigenvalue weighted by atomic mass is 32.1. The molecule has 3 heteroatoms. The van der Waals surface area contributed by atoms with Gasteiger partial charge in [-0.1, -0.05) is 103 Å². The summed E-state index contributed by atoms with van der Waals surface area (Å²) in [5.74, 6) is 0. The van der Waals surface area contributed by atoms with Gasteiger partial charge in [0.25, 0.3) is 0 Å². The predicted molar refractivity (Wildman–Crippen MR) is 202 cm³/mol. The van der Waals surface area contributed by atoms with Gasteiger partial charge >= 0.3 is 0 Å². The predicted octanol–water partition coefficient (Wildman–Crippen LogP) is 13.4. The second-order valence-electron chi connectivity index (χ2n) is 12.1. The average Bonchev–Trinajstić information content (AvgIpc) is 3.70. The van der Waals surface area contributed by atoms with Crippen LogP contribution in [0.2, 0.25) is 0 Å². The van der Waals surface area contributed by atoms with Crippen LogP contribution in [-0.2, 0) is 0 Å². The fourth-order valence-electron chi connectivity index (χ4n) is 7.31. The molecule has 0 bridgehead atoms. The molecule has 47 heavy (non-hydrogen) atoms. The maximum absolute atomic E-state index is 6.63. The zero-order chi connectivity index (χ0) is 30.9. The van der Waals surface area contributed by atoms with Gasteiger partial charge in [-0.3, -0.25) is 0 Å². The number of fused-ring (bicyclic) bond motifs is 10. The highest BCUT2D eigenvalue weighted by Crippen LogP contribution is 2.46. The summed E-state index contributed by atoms with van der Waals surface area (Å²) in [6.07, 6.45) is 0. The highest BCUT2D eigenvalue weighted by molar-refractivity contribution is 7.27. The molecule has 0 N–H and O–H groups in total. The van der Waals surface area contributed by atoms with Crippen LogP contribution in [0.5, 0.6) is 0 Å². The summed E-state index contributed by atoms with van der Waals surface area (Å²) < 4.78 is 9.21. The Balaban J connectivity index is 1.16. The lowest BCUT2D eigenvalue weighted by atomic mass is 9.97. The first-order valence-corrected chi connectivity index (χ1v) is 16.7. The van der Waals surface area contributed by atoms with E-state index in [1.165, 1.54) is 58.2 Å². The minimum absolute atomic E-state index is 0.887. The van der Waals surface area contributed by atoms with E-state index in [-0.39, 0.29) is 0 Å². The molecular formula is C44H27NOS. The second-order valence-corrected chi connectivity index (χ2v) is 13.2. The number of thiophene rings is 1. The van der Waals surface area contributed by atoms with Gasteiger partial charge in [0.1, 0.15) is 11.2 Å². The molecule has 0 fully saturated rings. The third-order valence-corrected chi connectivity index (χ3v) is 10.6. The minimum Gasteiger partial charge on any atom is -0.456 e. The van der Waals surface area contributed by atoms with Gasteiger partial charge in [-0.25, -0.2) is 0 Å². The molecule has 220 valence electrons. The van der Waals surface area contributed by atoms with Gasteiger partial charge in [0.05, 0.1) is 0 Å². The van der Waals surface area contributed by atoms with Crippen LogP contribution in [0.25, 0.3) is 74.8 Å².